The minimum absolute atomic E-state index is 0.0462. The van der Waals surface area contributed by atoms with Gasteiger partial charge in [0.25, 0.3) is 11.1 Å². The standard InChI is InChI=1S/C22H22F2N2O2S/c1-12(2)15-6-5-7-17(8-15)28-22-26-20(11-29-22)21(27)25-14(4)16-9-18(23)13(3)19(24)10-16/h5-12,14H,1-4H3,(H,25,27)/t14-/m1/s1. The molecule has 1 aromatic heterocycles. The first-order valence-electron chi connectivity index (χ1n) is 9.24. The number of nitrogens with one attached hydrogen (secondary N) is 1. The van der Waals surface area contributed by atoms with E-state index in [1.54, 1.807) is 12.3 Å². The van der Waals surface area contributed by atoms with Crippen LogP contribution in [0.25, 0.3) is 0 Å². The number of hydrogen-bond donors (Lipinski definition) is 1. The van der Waals surface area contributed by atoms with Gasteiger partial charge in [-0.1, -0.05) is 37.3 Å². The second-order valence-corrected chi connectivity index (χ2v) is 7.95. The monoisotopic (exact) mass is 416 g/mol. The lowest BCUT2D eigenvalue weighted by Crippen LogP contribution is -2.27. The third kappa shape index (κ3) is 4.98. The van der Waals surface area contributed by atoms with Gasteiger partial charge in [-0.3, -0.25) is 4.79 Å². The highest BCUT2D eigenvalue weighted by atomic mass is 32.1. The van der Waals surface area contributed by atoms with Gasteiger partial charge in [0.05, 0.1) is 6.04 Å². The summed E-state index contributed by atoms with van der Waals surface area (Å²) in [4.78, 5) is 16.7. The normalized spacial score (nSPS) is 12.1. The first kappa shape index (κ1) is 20.9. The lowest BCUT2D eigenvalue weighted by molar-refractivity contribution is 0.0935. The SMILES string of the molecule is Cc1c(F)cc([C@@H](C)NC(=O)c2csc(Oc3cccc(C(C)C)c3)n2)cc1F. The highest BCUT2D eigenvalue weighted by Gasteiger charge is 2.17. The van der Waals surface area contributed by atoms with Crippen molar-refractivity contribution < 1.29 is 18.3 Å². The molecule has 1 atom stereocenters. The lowest BCUT2D eigenvalue weighted by atomic mass is 10.0. The zero-order valence-corrected chi connectivity index (χ0v) is 17.4. The molecule has 1 N–H and O–H groups in total. The molecule has 0 spiro atoms. The Bertz CT molecular complexity index is 1010. The van der Waals surface area contributed by atoms with E-state index in [1.807, 2.05) is 24.3 Å². The number of rotatable bonds is 6. The number of carbonyl (C=O) groups is 1. The molecule has 1 heterocycles. The molecule has 0 aliphatic heterocycles. The van der Waals surface area contributed by atoms with Crippen molar-refractivity contribution in [1.82, 2.24) is 10.3 Å². The molecular formula is C22H22F2N2O2S. The molecule has 0 fully saturated rings. The van der Waals surface area contributed by atoms with E-state index in [2.05, 4.69) is 24.1 Å². The minimum Gasteiger partial charge on any atom is -0.431 e. The van der Waals surface area contributed by atoms with Crippen molar-refractivity contribution >= 4 is 17.2 Å². The van der Waals surface area contributed by atoms with Crippen LogP contribution in [0.3, 0.4) is 0 Å². The molecule has 3 rings (SSSR count). The molecule has 0 aliphatic rings. The van der Waals surface area contributed by atoms with Gasteiger partial charge >= 0.3 is 0 Å². The Hall–Kier alpha value is -2.80. The first-order valence-corrected chi connectivity index (χ1v) is 10.1. The van der Waals surface area contributed by atoms with E-state index in [0.717, 1.165) is 5.56 Å². The molecule has 0 unspecified atom stereocenters. The van der Waals surface area contributed by atoms with Gasteiger partial charge in [-0.25, -0.2) is 8.78 Å². The van der Waals surface area contributed by atoms with E-state index >= 15 is 0 Å². The summed E-state index contributed by atoms with van der Waals surface area (Å²) in [5.41, 5.74) is 1.62. The summed E-state index contributed by atoms with van der Waals surface area (Å²) in [6.07, 6.45) is 0. The molecule has 29 heavy (non-hydrogen) atoms. The van der Waals surface area contributed by atoms with E-state index < -0.39 is 23.6 Å². The number of thiazole rings is 1. The topological polar surface area (TPSA) is 51.2 Å². The third-order valence-corrected chi connectivity index (χ3v) is 5.31. The van der Waals surface area contributed by atoms with E-state index in [-0.39, 0.29) is 11.3 Å². The van der Waals surface area contributed by atoms with Crippen LogP contribution in [0.2, 0.25) is 0 Å². The molecule has 1 amide bonds. The van der Waals surface area contributed by atoms with Crippen LogP contribution in [-0.4, -0.2) is 10.9 Å². The third-order valence-electron chi connectivity index (χ3n) is 4.60. The van der Waals surface area contributed by atoms with Crippen LogP contribution in [0.5, 0.6) is 10.9 Å². The molecule has 2 aromatic carbocycles. The second kappa shape index (κ2) is 8.69. The fraction of sp³-hybridized carbons (Fsp3) is 0.273. The average molecular weight is 416 g/mol. The Morgan fingerprint density at radius 2 is 1.79 bits per heavy atom. The number of halogens is 2. The number of amides is 1. The van der Waals surface area contributed by atoms with Gasteiger partial charge in [0, 0.05) is 10.9 Å². The van der Waals surface area contributed by atoms with Crippen LogP contribution in [0, 0.1) is 18.6 Å². The van der Waals surface area contributed by atoms with Gasteiger partial charge in [0.1, 0.15) is 23.1 Å². The van der Waals surface area contributed by atoms with Crippen molar-refractivity contribution in [2.75, 3.05) is 0 Å². The summed E-state index contributed by atoms with van der Waals surface area (Å²) < 4.78 is 33.3. The Morgan fingerprint density at radius 1 is 1.10 bits per heavy atom. The highest BCUT2D eigenvalue weighted by molar-refractivity contribution is 7.11. The first-order chi connectivity index (χ1) is 13.7. The maximum absolute atomic E-state index is 13.8. The molecular weight excluding hydrogens is 394 g/mol. The Labute approximate surface area is 172 Å². The quantitative estimate of drug-likeness (QED) is 0.525. The van der Waals surface area contributed by atoms with Gasteiger partial charge in [-0.15, -0.1) is 0 Å². The molecule has 0 saturated carbocycles. The lowest BCUT2D eigenvalue weighted by Gasteiger charge is -2.14. The van der Waals surface area contributed by atoms with Gasteiger partial charge in [-0.2, -0.15) is 4.98 Å². The number of hydrogen-bond acceptors (Lipinski definition) is 4. The Balaban J connectivity index is 1.68. The fourth-order valence-corrected chi connectivity index (χ4v) is 3.38. The second-order valence-electron chi connectivity index (χ2n) is 7.13. The molecule has 152 valence electrons. The summed E-state index contributed by atoms with van der Waals surface area (Å²) in [5.74, 6) is -0.713. The van der Waals surface area contributed by atoms with Crippen molar-refractivity contribution in [1.29, 1.82) is 0 Å². The van der Waals surface area contributed by atoms with Crippen molar-refractivity contribution in [2.45, 2.75) is 39.7 Å². The number of nitrogens with zero attached hydrogens (tertiary/aromatic N) is 1. The Kier molecular flexibility index (Phi) is 6.27. The summed E-state index contributed by atoms with van der Waals surface area (Å²) in [6, 6.07) is 9.57. The van der Waals surface area contributed by atoms with E-state index in [1.165, 1.54) is 30.4 Å². The zero-order chi connectivity index (χ0) is 21.1. The molecule has 0 saturated heterocycles. The van der Waals surface area contributed by atoms with Gasteiger partial charge in [0.15, 0.2) is 0 Å². The number of benzene rings is 2. The molecule has 0 radical (unpaired) electrons. The summed E-state index contributed by atoms with van der Waals surface area (Å²) in [6.45, 7) is 7.21. The van der Waals surface area contributed by atoms with Crippen LogP contribution >= 0.6 is 11.3 Å². The van der Waals surface area contributed by atoms with Crippen molar-refractivity contribution in [3.8, 4) is 10.9 Å². The molecule has 0 aliphatic carbocycles. The van der Waals surface area contributed by atoms with E-state index in [4.69, 9.17) is 4.74 Å². The molecule has 0 bridgehead atoms. The summed E-state index contributed by atoms with van der Waals surface area (Å²) in [7, 11) is 0. The van der Waals surface area contributed by atoms with Crippen molar-refractivity contribution in [3.05, 3.63) is 75.8 Å². The number of ether oxygens (including phenoxy) is 1. The van der Waals surface area contributed by atoms with Crippen LogP contribution in [0.15, 0.2) is 41.8 Å². The van der Waals surface area contributed by atoms with Crippen molar-refractivity contribution in [2.24, 2.45) is 0 Å². The predicted molar refractivity (Wildman–Crippen MR) is 110 cm³/mol. The van der Waals surface area contributed by atoms with Crippen LogP contribution in [0.1, 0.15) is 59.9 Å². The van der Waals surface area contributed by atoms with Crippen LogP contribution in [-0.2, 0) is 0 Å². The van der Waals surface area contributed by atoms with Gasteiger partial charge < -0.3 is 10.1 Å². The van der Waals surface area contributed by atoms with E-state index in [0.29, 0.717) is 22.4 Å². The van der Waals surface area contributed by atoms with Crippen LogP contribution in [0.4, 0.5) is 8.78 Å². The molecule has 7 heteroatoms. The molecule has 3 aromatic rings. The number of carbonyl (C=O) groups excluding carboxylic acids is 1. The average Bonchev–Trinajstić information content (AvgIpc) is 3.14. The fourth-order valence-electron chi connectivity index (χ4n) is 2.72. The zero-order valence-electron chi connectivity index (χ0n) is 16.6. The largest absolute Gasteiger partial charge is 0.431 e. The Morgan fingerprint density at radius 3 is 2.45 bits per heavy atom. The van der Waals surface area contributed by atoms with Crippen LogP contribution < -0.4 is 10.1 Å². The van der Waals surface area contributed by atoms with E-state index in [9.17, 15) is 13.6 Å². The molecule has 4 nitrogen and oxygen atoms in total. The maximum atomic E-state index is 13.8. The summed E-state index contributed by atoms with van der Waals surface area (Å²) in [5, 5.41) is 4.63. The highest BCUT2D eigenvalue weighted by Crippen LogP contribution is 2.28. The minimum atomic E-state index is -0.644. The smallest absolute Gasteiger partial charge is 0.279 e. The van der Waals surface area contributed by atoms with Gasteiger partial charge in [-0.05, 0) is 55.2 Å². The summed E-state index contributed by atoms with van der Waals surface area (Å²) >= 11 is 1.20. The van der Waals surface area contributed by atoms with Gasteiger partial charge in [0.2, 0.25) is 0 Å². The van der Waals surface area contributed by atoms with Crippen molar-refractivity contribution in [3.63, 3.8) is 0 Å². The predicted octanol–water partition coefficient (Wildman–Crippen LogP) is 6.14. The maximum Gasteiger partial charge on any atom is 0.279 e. The number of aromatic nitrogens is 1.